The first-order valence-corrected chi connectivity index (χ1v) is 21.4. The molecule has 6 rings (SSSR count). The van der Waals surface area contributed by atoms with Crippen molar-refractivity contribution in [3.63, 3.8) is 0 Å². The van der Waals surface area contributed by atoms with E-state index in [2.05, 4.69) is 30.1 Å². The Bertz CT molecular complexity index is 2540. The van der Waals surface area contributed by atoms with Crippen LogP contribution in [-0.4, -0.2) is 89.9 Å². The number of rotatable bonds is 11. The van der Waals surface area contributed by atoms with Gasteiger partial charge in [0, 0.05) is 29.9 Å². The van der Waals surface area contributed by atoms with E-state index in [0.717, 1.165) is 64.7 Å². The maximum absolute atomic E-state index is 14.3. The van der Waals surface area contributed by atoms with Crippen molar-refractivity contribution in [3.05, 3.63) is 85.2 Å². The molecule has 57 heavy (non-hydrogen) atoms. The summed E-state index contributed by atoms with van der Waals surface area (Å²) >= 11 is 8.17. The zero-order valence-electron chi connectivity index (χ0n) is 29.5. The molecule has 0 saturated carbocycles. The molecular formula is C30H32ClF3N9O10PS3. The Morgan fingerprint density at radius 3 is 2.39 bits per heavy atom. The van der Waals surface area contributed by atoms with Gasteiger partial charge in [-0.3, -0.25) is 33.7 Å². The minimum absolute atomic E-state index is 0.0605. The van der Waals surface area contributed by atoms with Crippen molar-refractivity contribution < 1.29 is 55.4 Å². The molecule has 0 saturated heterocycles. The summed E-state index contributed by atoms with van der Waals surface area (Å²) in [6.07, 6.45) is 2.78. The number of hydrogen-bond donors (Lipinski definition) is 5. The van der Waals surface area contributed by atoms with Crippen LogP contribution in [0.5, 0.6) is 0 Å². The zero-order valence-corrected chi connectivity index (χ0v) is 33.6. The Labute approximate surface area is 333 Å². The van der Waals surface area contributed by atoms with Gasteiger partial charge in [0.2, 0.25) is 4.80 Å². The molecule has 308 valence electrons. The van der Waals surface area contributed by atoms with Gasteiger partial charge >= 0.3 is 24.4 Å². The predicted molar refractivity (Wildman–Crippen MR) is 200 cm³/mol. The maximum atomic E-state index is 14.3. The highest BCUT2D eigenvalue weighted by atomic mass is 35.5. The number of nitrogens with zero attached hydrogens (tertiary/aromatic N) is 7. The minimum atomic E-state index is -4.35. The molecule has 5 aromatic rings. The lowest BCUT2D eigenvalue weighted by Crippen LogP contribution is -2.31. The molecule has 0 spiro atoms. The normalized spacial score (nSPS) is 12.9. The number of thioether (sulfide) groups is 1. The zero-order chi connectivity index (χ0) is 42.1. The van der Waals surface area contributed by atoms with Crippen LogP contribution < -0.4 is 19.7 Å². The Balaban J connectivity index is 0.000000207. The number of sulfonamides is 1. The van der Waals surface area contributed by atoms with Gasteiger partial charge < -0.3 is 19.6 Å². The molecule has 19 nitrogen and oxygen atoms in total. The molecule has 0 amide bonds. The van der Waals surface area contributed by atoms with Gasteiger partial charge in [-0.1, -0.05) is 17.7 Å². The van der Waals surface area contributed by atoms with Gasteiger partial charge in [0.1, 0.15) is 28.8 Å². The number of halogens is 4. The monoisotopic (exact) mass is 897 g/mol. The second-order valence-corrected chi connectivity index (χ2v) is 16.9. The van der Waals surface area contributed by atoms with Crippen molar-refractivity contribution in [3.8, 4) is 0 Å². The van der Waals surface area contributed by atoms with Gasteiger partial charge in [-0.15, -0.1) is 16.9 Å². The average molecular weight is 898 g/mol. The number of benzene rings is 2. The minimum Gasteiger partial charge on any atom is -0.480 e. The standard InChI is InChI=1S/C15H15ClFN3O3S2.C12H9F2N5O2S.C3H8NO5P/c1-23-13(21)8-24-12-7-11(10(17)6-9(12)16)18-14-19-4-2-3-5-20(19)15(22)25-14;1-7-5-6-19-11(15-7)16-12(17-19)22(20,21)18-10-8(13)3-2-4-9(10)14;5-3(6)1-4-2-10(7,8)9/h6-7H,2-5,8H2,1H3;2-6,18H,1H3;4H,1-2H2,(H,5,6)(H2,7,8,9)/b18-14-;;. The molecule has 3 aromatic heterocycles. The highest BCUT2D eigenvalue weighted by molar-refractivity contribution is 8.00. The van der Waals surface area contributed by atoms with E-state index in [0.29, 0.717) is 28.5 Å². The number of carbonyl (C=O) groups is 2. The molecule has 4 heterocycles. The molecule has 1 aliphatic rings. The van der Waals surface area contributed by atoms with Gasteiger partial charge in [-0.2, -0.15) is 13.4 Å². The number of methoxy groups -OCH3 is 1. The molecular weight excluding hydrogens is 866 g/mol. The number of ether oxygens (including phenoxy) is 1. The van der Waals surface area contributed by atoms with Crippen LogP contribution >= 0.6 is 42.3 Å². The Hall–Kier alpha value is -4.62. The van der Waals surface area contributed by atoms with Crippen LogP contribution in [0.15, 0.2) is 62.4 Å². The number of aryl methyl sites for hydroxylation is 1. The van der Waals surface area contributed by atoms with Crippen LogP contribution in [0.2, 0.25) is 5.02 Å². The summed E-state index contributed by atoms with van der Waals surface area (Å²) < 4.78 is 86.6. The fourth-order valence-electron chi connectivity index (χ4n) is 4.47. The number of carboxylic acid groups (broad SMARTS) is 1. The van der Waals surface area contributed by atoms with Crippen molar-refractivity contribution in [2.24, 2.45) is 4.99 Å². The van der Waals surface area contributed by atoms with E-state index in [9.17, 15) is 40.5 Å². The van der Waals surface area contributed by atoms with Gasteiger partial charge in [0.15, 0.2) is 0 Å². The number of carboxylic acids is 1. The number of esters is 1. The summed E-state index contributed by atoms with van der Waals surface area (Å²) in [6.45, 7) is 2.59. The first-order valence-electron chi connectivity index (χ1n) is 16.0. The SMILES string of the molecule is COC(=O)CSc1cc(/N=c2\sc(=O)n3n2CCCC3)c(F)cc1Cl.Cc1ccn2nc(S(=O)(=O)Nc3c(F)cccc3F)nc2n1.O=C(O)CNCP(=O)(O)O. The third-order valence-corrected chi connectivity index (χ3v) is 11.1. The highest BCUT2D eigenvalue weighted by Gasteiger charge is 2.24. The molecule has 0 fully saturated rings. The summed E-state index contributed by atoms with van der Waals surface area (Å²) in [7, 11) is -7.15. The van der Waals surface area contributed by atoms with Crippen molar-refractivity contribution >= 4 is 81.4 Å². The van der Waals surface area contributed by atoms with E-state index in [1.165, 1.54) is 19.4 Å². The third-order valence-electron chi connectivity index (χ3n) is 7.04. The number of fused-ring (bicyclic) bond motifs is 2. The largest absolute Gasteiger partial charge is 0.480 e. The van der Waals surface area contributed by atoms with Crippen molar-refractivity contribution in [2.45, 2.75) is 42.9 Å². The van der Waals surface area contributed by atoms with Gasteiger partial charge in [-0.05, 0) is 61.4 Å². The van der Waals surface area contributed by atoms with Gasteiger partial charge in [-0.25, -0.2) is 32.3 Å². The molecule has 0 radical (unpaired) electrons. The number of carbonyl (C=O) groups excluding carboxylic acids is 1. The van der Waals surface area contributed by atoms with E-state index in [4.69, 9.17) is 26.5 Å². The molecule has 1 aliphatic heterocycles. The molecule has 0 unspecified atom stereocenters. The van der Waals surface area contributed by atoms with E-state index < -0.39 is 70.7 Å². The van der Waals surface area contributed by atoms with Crippen molar-refractivity contribution in [1.29, 1.82) is 0 Å². The van der Waals surface area contributed by atoms with E-state index in [1.54, 1.807) is 27.1 Å². The van der Waals surface area contributed by atoms with Crippen LogP contribution in [0.4, 0.5) is 24.5 Å². The average Bonchev–Trinajstić information content (AvgIpc) is 3.71. The van der Waals surface area contributed by atoms with Crippen LogP contribution in [0.3, 0.4) is 0 Å². The molecule has 27 heteroatoms. The smallest absolute Gasteiger partial charge is 0.339 e. The van der Waals surface area contributed by atoms with Crippen LogP contribution in [0, 0.1) is 24.4 Å². The Morgan fingerprint density at radius 1 is 1.09 bits per heavy atom. The summed E-state index contributed by atoms with van der Waals surface area (Å²) in [5.74, 6) is -4.08. The van der Waals surface area contributed by atoms with Crippen LogP contribution in [0.1, 0.15) is 18.5 Å². The maximum Gasteiger partial charge on any atom is 0.339 e. The number of nitrogens with one attached hydrogen (secondary N) is 2. The van der Waals surface area contributed by atoms with Crippen LogP contribution in [-0.2, 0) is 42.0 Å². The van der Waals surface area contributed by atoms with Crippen LogP contribution in [0.25, 0.3) is 5.78 Å². The van der Waals surface area contributed by atoms with Crippen molar-refractivity contribution in [2.75, 3.05) is 30.4 Å². The topological polar surface area (TPSA) is 262 Å². The number of para-hydroxylation sites is 1. The van der Waals surface area contributed by atoms with E-state index >= 15 is 0 Å². The molecule has 0 bridgehead atoms. The third kappa shape index (κ3) is 12.9. The van der Waals surface area contributed by atoms with E-state index in [1.807, 2.05) is 0 Å². The predicted octanol–water partition coefficient (Wildman–Crippen LogP) is 3.10. The summed E-state index contributed by atoms with van der Waals surface area (Å²) in [6, 6.07) is 7.25. The van der Waals surface area contributed by atoms with Crippen molar-refractivity contribution in [1.82, 2.24) is 34.3 Å². The second-order valence-electron chi connectivity index (χ2n) is 11.4. The van der Waals surface area contributed by atoms with E-state index in [-0.39, 0.29) is 27.1 Å². The second kappa shape index (κ2) is 19.7. The molecule has 0 aliphatic carbocycles. The lowest BCUT2D eigenvalue weighted by atomic mass is 10.3. The first kappa shape index (κ1) is 45.1. The first-order chi connectivity index (χ1) is 26.8. The number of hydrogen-bond acceptors (Lipinski definition) is 14. The quantitative estimate of drug-likeness (QED) is 0.0725. The number of anilines is 1. The number of aliphatic carboxylic acids is 1. The fourth-order valence-corrected chi connectivity index (χ4v) is 7.82. The number of aromatic nitrogens is 6. The molecule has 5 N–H and O–H groups in total. The lowest BCUT2D eigenvalue weighted by molar-refractivity contribution is -0.137. The summed E-state index contributed by atoms with van der Waals surface area (Å²) in [4.78, 5) is 62.4. The fraction of sp³-hybridized carbons (Fsp3) is 0.300. The molecule has 2 aromatic carbocycles. The summed E-state index contributed by atoms with van der Waals surface area (Å²) in [5, 5.41) is 13.4. The highest BCUT2D eigenvalue weighted by Crippen LogP contribution is 2.33. The lowest BCUT2D eigenvalue weighted by Gasteiger charge is -2.15. The Kier molecular flexibility index (Phi) is 15.6. The molecule has 0 atom stereocenters. The summed E-state index contributed by atoms with van der Waals surface area (Å²) in [5.41, 5.74) is -0.0815. The Morgan fingerprint density at radius 2 is 1.75 bits per heavy atom. The van der Waals surface area contributed by atoms with Gasteiger partial charge in [0.25, 0.3) is 21.0 Å². The van der Waals surface area contributed by atoms with Gasteiger partial charge in [0.05, 0.1) is 30.7 Å².